The van der Waals surface area contributed by atoms with E-state index in [-0.39, 0.29) is 11.7 Å². The number of anilines is 1. The number of aryl methyl sites for hydroxylation is 1. The maximum Gasteiger partial charge on any atom is 0.270 e. The molecule has 1 aromatic heterocycles. The second-order valence-corrected chi connectivity index (χ2v) is 6.00. The van der Waals surface area contributed by atoms with Gasteiger partial charge < -0.3 is 5.32 Å². The van der Waals surface area contributed by atoms with Crippen molar-refractivity contribution in [2.24, 2.45) is 0 Å². The first-order valence-corrected chi connectivity index (χ1v) is 7.27. The van der Waals surface area contributed by atoms with E-state index in [0.29, 0.717) is 4.47 Å². The van der Waals surface area contributed by atoms with Gasteiger partial charge in [-0.3, -0.25) is 10.1 Å². The van der Waals surface area contributed by atoms with E-state index >= 15 is 0 Å². The minimum Gasteiger partial charge on any atom is -0.376 e. The lowest BCUT2D eigenvalue weighted by molar-refractivity contribution is -0.384. The van der Waals surface area contributed by atoms with E-state index in [1.54, 1.807) is 17.4 Å². The fourth-order valence-electron chi connectivity index (χ4n) is 1.62. The molecule has 1 heterocycles. The molecule has 0 radical (unpaired) electrons. The van der Waals surface area contributed by atoms with E-state index < -0.39 is 4.92 Å². The number of aromatic nitrogens is 1. The van der Waals surface area contributed by atoms with Gasteiger partial charge in [0.1, 0.15) is 0 Å². The van der Waals surface area contributed by atoms with E-state index in [1.165, 1.54) is 12.1 Å². The van der Waals surface area contributed by atoms with Crippen LogP contribution in [0.3, 0.4) is 0 Å². The van der Waals surface area contributed by atoms with Crippen LogP contribution in [0.25, 0.3) is 0 Å². The van der Waals surface area contributed by atoms with Crippen molar-refractivity contribution in [2.75, 3.05) is 5.32 Å². The van der Waals surface area contributed by atoms with Crippen molar-refractivity contribution in [2.45, 2.75) is 19.9 Å². The molecule has 7 heteroatoms. The summed E-state index contributed by atoms with van der Waals surface area (Å²) in [6.07, 6.45) is 0. The summed E-state index contributed by atoms with van der Waals surface area (Å²) in [6.45, 7) is 3.96. The highest BCUT2D eigenvalue weighted by atomic mass is 79.9. The molecule has 0 fully saturated rings. The molecular formula is C12H12BrN3O2S. The number of non-ortho nitro benzene ring substituents is 1. The minimum atomic E-state index is -0.415. The van der Waals surface area contributed by atoms with Gasteiger partial charge in [0.25, 0.3) is 5.69 Å². The second-order valence-electron chi connectivity index (χ2n) is 4.08. The van der Waals surface area contributed by atoms with Gasteiger partial charge in [-0.1, -0.05) is 0 Å². The van der Waals surface area contributed by atoms with Gasteiger partial charge in [-0.25, -0.2) is 4.98 Å². The summed E-state index contributed by atoms with van der Waals surface area (Å²) in [5, 5.41) is 17.0. The average molecular weight is 342 g/mol. The minimum absolute atomic E-state index is 0.0442. The fourth-order valence-corrected chi connectivity index (χ4v) is 2.81. The molecule has 0 aliphatic heterocycles. The highest BCUT2D eigenvalue weighted by Gasteiger charge is 2.13. The van der Waals surface area contributed by atoms with Crippen LogP contribution in [-0.2, 0) is 0 Å². The van der Waals surface area contributed by atoms with Gasteiger partial charge in [0.15, 0.2) is 0 Å². The molecule has 0 aliphatic rings. The standard InChI is InChI=1S/C12H12BrN3O2S/c1-7(12-6-19-8(2)15-12)14-11-4-3-9(16(17)18)5-10(11)13/h3-7,14H,1-2H3. The molecule has 0 saturated heterocycles. The molecule has 1 atom stereocenters. The van der Waals surface area contributed by atoms with Gasteiger partial charge in [-0.2, -0.15) is 0 Å². The van der Waals surface area contributed by atoms with Crippen LogP contribution in [0.2, 0.25) is 0 Å². The fraction of sp³-hybridized carbons (Fsp3) is 0.250. The summed E-state index contributed by atoms with van der Waals surface area (Å²) >= 11 is 4.94. The third kappa shape index (κ3) is 3.30. The SMILES string of the molecule is Cc1nc(C(C)Nc2ccc([N+](=O)[O-])cc2Br)cs1. The van der Waals surface area contributed by atoms with Crippen LogP contribution in [0.15, 0.2) is 28.1 Å². The molecule has 1 aromatic carbocycles. The third-order valence-electron chi connectivity index (χ3n) is 2.62. The number of halogens is 1. The Kier molecular flexibility index (Phi) is 4.16. The van der Waals surface area contributed by atoms with E-state index in [4.69, 9.17) is 0 Å². The van der Waals surface area contributed by atoms with E-state index in [1.807, 2.05) is 19.2 Å². The van der Waals surface area contributed by atoms with Crippen LogP contribution in [0.1, 0.15) is 23.7 Å². The van der Waals surface area contributed by atoms with Crippen LogP contribution < -0.4 is 5.32 Å². The van der Waals surface area contributed by atoms with Crippen LogP contribution in [0.4, 0.5) is 11.4 Å². The molecule has 100 valence electrons. The van der Waals surface area contributed by atoms with E-state index in [0.717, 1.165) is 16.4 Å². The van der Waals surface area contributed by atoms with Crippen molar-refractivity contribution in [1.29, 1.82) is 0 Å². The third-order valence-corrected chi connectivity index (χ3v) is 4.06. The normalized spacial score (nSPS) is 12.2. The van der Waals surface area contributed by atoms with Gasteiger partial charge in [0.2, 0.25) is 0 Å². The van der Waals surface area contributed by atoms with Gasteiger partial charge in [0.05, 0.1) is 21.7 Å². The first-order valence-electron chi connectivity index (χ1n) is 5.60. The average Bonchev–Trinajstić information content (AvgIpc) is 2.78. The zero-order valence-electron chi connectivity index (χ0n) is 10.4. The van der Waals surface area contributed by atoms with Crippen LogP contribution >= 0.6 is 27.3 Å². The van der Waals surface area contributed by atoms with Crippen molar-refractivity contribution in [3.63, 3.8) is 0 Å². The number of nitrogens with one attached hydrogen (secondary N) is 1. The quantitative estimate of drug-likeness (QED) is 0.665. The van der Waals surface area contributed by atoms with Crippen molar-refractivity contribution in [1.82, 2.24) is 4.98 Å². The Hall–Kier alpha value is -1.47. The van der Waals surface area contributed by atoms with E-state index in [2.05, 4.69) is 26.2 Å². The molecule has 0 aliphatic carbocycles. The van der Waals surface area contributed by atoms with Gasteiger partial charge in [-0.15, -0.1) is 11.3 Å². The highest BCUT2D eigenvalue weighted by Crippen LogP contribution is 2.30. The monoisotopic (exact) mass is 341 g/mol. The van der Waals surface area contributed by atoms with Crippen LogP contribution in [0, 0.1) is 17.0 Å². The number of hydrogen-bond acceptors (Lipinski definition) is 5. The molecule has 2 rings (SSSR count). The molecule has 19 heavy (non-hydrogen) atoms. The molecule has 0 saturated carbocycles. The van der Waals surface area contributed by atoms with Crippen LogP contribution in [0.5, 0.6) is 0 Å². The summed E-state index contributed by atoms with van der Waals surface area (Å²) in [6, 6.07) is 4.70. The molecular weight excluding hydrogens is 330 g/mol. The van der Waals surface area contributed by atoms with Gasteiger partial charge in [-0.05, 0) is 35.8 Å². The molecule has 0 bridgehead atoms. The van der Waals surface area contributed by atoms with Gasteiger partial charge >= 0.3 is 0 Å². The maximum atomic E-state index is 10.7. The highest BCUT2D eigenvalue weighted by molar-refractivity contribution is 9.10. The summed E-state index contributed by atoms with van der Waals surface area (Å²) in [7, 11) is 0. The zero-order chi connectivity index (χ0) is 14.0. The summed E-state index contributed by atoms with van der Waals surface area (Å²) in [5.41, 5.74) is 1.84. The zero-order valence-corrected chi connectivity index (χ0v) is 12.8. The predicted octanol–water partition coefficient (Wildman–Crippen LogP) is 4.30. The summed E-state index contributed by atoms with van der Waals surface area (Å²) in [4.78, 5) is 14.7. The Bertz CT molecular complexity index is 615. The Morgan fingerprint density at radius 2 is 2.26 bits per heavy atom. The topological polar surface area (TPSA) is 68.1 Å². The first-order chi connectivity index (χ1) is 8.97. The Morgan fingerprint density at radius 3 is 2.79 bits per heavy atom. The number of nitrogens with zero attached hydrogens (tertiary/aromatic N) is 2. The summed E-state index contributed by atoms with van der Waals surface area (Å²) in [5.74, 6) is 0. The number of rotatable bonds is 4. The molecule has 1 unspecified atom stereocenters. The lowest BCUT2D eigenvalue weighted by atomic mass is 10.2. The van der Waals surface area contributed by atoms with E-state index in [9.17, 15) is 10.1 Å². The maximum absolute atomic E-state index is 10.7. The number of benzene rings is 1. The number of nitro groups is 1. The molecule has 5 nitrogen and oxygen atoms in total. The molecule has 0 spiro atoms. The lowest BCUT2D eigenvalue weighted by Gasteiger charge is -2.14. The number of nitro benzene ring substituents is 1. The lowest BCUT2D eigenvalue weighted by Crippen LogP contribution is -2.07. The predicted molar refractivity (Wildman–Crippen MR) is 79.7 cm³/mol. The van der Waals surface area contributed by atoms with Gasteiger partial charge in [0, 0.05) is 27.7 Å². The molecule has 1 N–H and O–H groups in total. The Morgan fingerprint density at radius 1 is 1.53 bits per heavy atom. The smallest absolute Gasteiger partial charge is 0.270 e. The largest absolute Gasteiger partial charge is 0.376 e. The molecule has 0 amide bonds. The van der Waals surface area contributed by atoms with Crippen molar-refractivity contribution >= 4 is 38.6 Å². The Balaban J connectivity index is 2.17. The van der Waals surface area contributed by atoms with Crippen molar-refractivity contribution in [3.05, 3.63) is 48.9 Å². The van der Waals surface area contributed by atoms with Crippen molar-refractivity contribution < 1.29 is 4.92 Å². The molecule has 2 aromatic rings. The Labute approximate surface area is 123 Å². The number of hydrogen-bond donors (Lipinski definition) is 1. The second kappa shape index (κ2) is 5.66. The number of thiazole rings is 1. The van der Waals surface area contributed by atoms with Crippen molar-refractivity contribution in [3.8, 4) is 0 Å². The summed E-state index contributed by atoms with van der Waals surface area (Å²) < 4.78 is 0.667. The first kappa shape index (κ1) is 14.0. The van der Waals surface area contributed by atoms with Crippen LogP contribution in [-0.4, -0.2) is 9.91 Å².